The number of hydrogen-bond donors (Lipinski definition) is 0. The van der Waals surface area contributed by atoms with Gasteiger partial charge in [0.25, 0.3) is 0 Å². The number of anilines is 4. The third-order valence-electron chi connectivity index (χ3n) is 15.5. The molecule has 2 radical (unpaired) electrons. The average molecular weight is 1690 g/mol. The monoisotopic (exact) mass is 1690 g/mol. The fourth-order valence-electron chi connectivity index (χ4n) is 9.76. The molecule has 10 nitrogen and oxygen atoms in total. The van der Waals surface area contributed by atoms with Crippen LogP contribution in [0.3, 0.4) is 0 Å². The second-order valence-corrected chi connectivity index (χ2v) is 26.2. The number of aromatic nitrogens is 2. The number of halogens is 8. The number of benzene rings is 6. The summed E-state index contributed by atoms with van der Waals surface area (Å²) in [7, 11) is 0. The van der Waals surface area contributed by atoms with E-state index >= 15 is 0 Å². The Morgan fingerprint density at radius 1 is 0.337 bits per heavy atom. The predicted molar refractivity (Wildman–Crippen MR) is 365 cm³/mol. The summed E-state index contributed by atoms with van der Waals surface area (Å²) in [4.78, 5) is 25.7. The van der Waals surface area contributed by atoms with Gasteiger partial charge >= 0.3 is 0 Å². The van der Waals surface area contributed by atoms with Crippen LogP contribution in [0.2, 0.25) is 0 Å². The van der Waals surface area contributed by atoms with Crippen LogP contribution in [0.4, 0.5) is 57.9 Å². The third-order valence-corrected chi connectivity index (χ3v) is 15.5. The predicted octanol–water partition coefficient (Wildman–Crippen LogP) is 19.2. The Balaban J connectivity index is 0.000000183. The molecule has 0 saturated carbocycles. The molecule has 4 aliphatic rings. The normalized spacial score (nSPS) is 14.1. The maximum atomic E-state index is 13.8. The molecule has 12 rings (SSSR count). The fraction of sp³-hybridized carbons (Fsp3) is 0.256. The van der Waals surface area contributed by atoms with Gasteiger partial charge in [0.15, 0.2) is 0 Å². The average Bonchev–Trinajstić information content (AvgIpc) is 1.57. The summed E-state index contributed by atoms with van der Waals surface area (Å²) < 4.78 is 107. The summed E-state index contributed by atoms with van der Waals surface area (Å²) in [6.07, 6.45) is 16.9. The number of hydrogen-bond acceptors (Lipinski definition) is 10. The fourth-order valence-corrected chi connectivity index (χ4v) is 9.76. The molecule has 0 amide bonds. The molecule has 8 aromatic rings. The van der Waals surface area contributed by atoms with E-state index in [1.807, 2.05) is 0 Å². The minimum Gasteiger partial charge on any atom is -0.506 e. The van der Waals surface area contributed by atoms with Crippen LogP contribution >= 0.6 is 0 Å². The zero-order chi connectivity index (χ0) is 69.5. The van der Waals surface area contributed by atoms with Crippen molar-refractivity contribution in [3.63, 3.8) is 0 Å². The van der Waals surface area contributed by atoms with Gasteiger partial charge < -0.3 is 49.2 Å². The Morgan fingerprint density at radius 3 is 0.724 bits per heavy atom. The first-order chi connectivity index (χ1) is 45.4. The molecule has 0 bridgehead atoms. The van der Waals surface area contributed by atoms with E-state index < -0.39 is 46.5 Å². The molecule has 0 atom stereocenters. The van der Waals surface area contributed by atoms with Gasteiger partial charge in [-0.2, -0.15) is 26.7 Å². The number of nitrogens with zero attached hydrogens (tertiary/aromatic N) is 10. The molecule has 0 N–H and O–H groups in total. The molecule has 6 aromatic carbocycles. The van der Waals surface area contributed by atoms with Crippen LogP contribution in [-0.4, -0.2) is 53.7 Å². The molecular formula is C78H76F8Ir2N10-10. The van der Waals surface area contributed by atoms with Gasteiger partial charge in [0.05, 0.1) is 0 Å². The quantitative estimate of drug-likeness (QED) is 0.0873. The Kier molecular flexibility index (Phi) is 26.0. The maximum absolute atomic E-state index is 13.8. The van der Waals surface area contributed by atoms with E-state index in [1.165, 1.54) is 47.5 Å². The molecule has 2 aromatic heterocycles. The molecule has 0 aliphatic carbocycles. The van der Waals surface area contributed by atoms with Gasteiger partial charge in [0.1, 0.15) is 0 Å². The molecule has 0 fully saturated rings. The Hall–Kier alpha value is -8.28. The van der Waals surface area contributed by atoms with Gasteiger partial charge in [-0.25, -0.2) is 0 Å². The Labute approximate surface area is 600 Å². The molecule has 0 saturated heterocycles. The van der Waals surface area contributed by atoms with Crippen molar-refractivity contribution in [1.82, 2.24) is 29.6 Å². The van der Waals surface area contributed by atoms with Crippen LogP contribution in [0.5, 0.6) is 0 Å². The van der Waals surface area contributed by atoms with E-state index in [2.05, 4.69) is 283 Å². The summed E-state index contributed by atoms with van der Waals surface area (Å²) >= 11 is 0. The second-order valence-electron chi connectivity index (χ2n) is 26.2. The standard InChI is InChI=1S/2C22H31N4.2C17H7F4N.2Ir/c2*1-17(2)23-8-10-25(15-23)20-12-19(22(5,6)7)13-21(14-20)26-11-9-24(16-26)18(3)4;2*18-10-4-6-12(14(20)8-10)16-2-1-3-17(22-16)13-7-5-11(19)9-15(13)21;;/h2*8-13,15-18H,1-7H3;2*1-5,8-9H;;/q2*-3;2*-2;;. The summed E-state index contributed by atoms with van der Waals surface area (Å²) in [6, 6.07) is 43.5. The number of rotatable bonds is 12. The van der Waals surface area contributed by atoms with Crippen LogP contribution in [-0.2, 0) is 51.0 Å². The van der Waals surface area contributed by atoms with Gasteiger partial charge in [-0.05, 0) is 163 Å². The summed E-state index contributed by atoms with van der Waals surface area (Å²) in [6.45, 7) is 39.6. The van der Waals surface area contributed by atoms with Crippen LogP contribution in [0.15, 0.2) is 159 Å². The van der Waals surface area contributed by atoms with E-state index in [0.29, 0.717) is 48.4 Å². The van der Waals surface area contributed by atoms with Gasteiger partial charge in [0, 0.05) is 86.7 Å². The van der Waals surface area contributed by atoms with Crippen LogP contribution in [0.1, 0.15) is 108 Å². The molecular weight excluding hydrogens is 1610 g/mol. The van der Waals surface area contributed by atoms with Crippen molar-refractivity contribution in [3.8, 4) is 45.0 Å². The van der Waals surface area contributed by atoms with Gasteiger partial charge in [-0.15, -0.1) is 119 Å². The molecule has 20 heteroatoms. The number of pyridine rings is 2. The minimum absolute atomic E-state index is 0. The van der Waals surface area contributed by atoms with Crippen LogP contribution in [0.25, 0.3) is 45.0 Å². The molecule has 98 heavy (non-hydrogen) atoms. The van der Waals surface area contributed by atoms with E-state index in [0.717, 1.165) is 47.0 Å². The van der Waals surface area contributed by atoms with Crippen LogP contribution < -0.4 is 19.6 Å². The first-order valence-corrected chi connectivity index (χ1v) is 31.3. The zero-order valence-corrected chi connectivity index (χ0v) is 61.6. The smallest absolute Gasteiger partial charge is 0.0408 e. The summed E-state index contributed by atoms with van der Waals surface area (Å²) in [5.41, 5.74) is 7.50. The molecule has 0 spiro atoms. The molecule has 6 heterocycles. The van der Waals surface area contributed by atoms with Crippen molar-refractivity contribution >= 4 is 22.7 Å². The second kappa shape index (κ2) is 33.1. The largest absolute Gasteiger partial charge is 0.506 e. The van der Waals surface area contributed by atoms with Crippen molar-refractivity contribution in [2.75, 3.05) is 19.6 Å². The zero-order valence-electron chi connectivity index (χ0n) is 56.8. The van der Waals surface area contributed by atoms with Gasteiger partial charge in [0.2, 0.25) is 0 Å². The van der Waals surface area contributed by atoms with Crippen molar-refractivity contribution < 1.29 is 75.3 Å². The summed E-state index contributed by atoms with van der Waals surface area (Å²) in [5.74, 6) is -6.32. The maximum Gasteiger partial charge on any atom is 0.0408 e. The molecule has 522 valence electrons. The van der Waals surface area contributed by atoms with Crippen molar-refractivity contribution in [1.29, 1.82) is 0 Å². The molecule has 4 aliphatic heterocycles. The first-order valence-electron chi connectivity index (χ1n) is 31.3. The van der Waals surface area contributed by atoms with E-state index in [1.54, 1.807) is 0 Å². The van der Waals surface area contributed by atoms with Crippen molar-refractivity contribution in [2.24, 2.45) is 0 Å². The minimum atomic E-state index is -0.826. The topological polar surface area (TPSA) is 51.7 Å². The Bertz CT molecular complexity index is 3670. The van der Waals surface area contributed by atoms with Crippen molar-refractivity contribution in [2.45, 2.75) is 132 Å². The third kappa shape index (κ3) is 19.5. The molecule has 0 unspecified atom stereocenters. The van der Waals surface area contributed by atoms with Crippen molar-refractivity contribution in [3.05, 3.63) is 280 Å². The van der Waals surface area contributed by atoms with E-state index in [9.17, 15) is 35.1 Å². The first kappa shape index (κ1) is 77.1. The Morgan fingerprint density at radius 2 is 0.551 bits per heavy atom. The van der Waals surface area contributed by atoms with Crippen LogP contribution in [0, 0.1) is 110 Å². The van der Waals surface area contributed by atoms with E-state index in [-0.39, 0.29) is 96.1 Å². The SMILES string of the molecule is CC(C)N1C=CN(c2[c-]c(N3C=CN(C(C)C)[CH-]3)cc(C(C)(C)C)c2)[CH-]1.CC(C)N1C=CN(c2[c-]c(N3C=CN(C(C)C)[CH-]3)cc(C(C)(C)C)c2)[CH-]1.Fc1c[c-]c(-c2cccc(-c3[c-]cc(F)cc3F)n2)c(F)c1.Fc1c[c-]c(-c2cccc(-c3[c-]cc(F)cc3F)n2)c(F)c1.[Ir].[Ir]. The van der Waals surface area contributed by atoms with E-state index in [4.69, 9.17) is 0 Å². The van der Waals surface area contributed by atoms with Gasteiger partial charge in [-0.3, -0.25) is 35.1 Å². The summed E-state index contributed by atoms with van der Waals surface area (Å²) in [5, 5.41) is 0. The van der Waals surface area contributed by atoms with Gasteiger partial charge in [-0.1, -0.05) is 124 Å².